The Hall–Kier alpha value is -4.21. The highest BCUT2D eigenvalue weighted by molar-refractivity contribution is 6.31. The van der Waals surface area contributed by atoms with Gasteiger partial charge in [0, 0.05) is 35.9 Å². The number of halogens is 2. The molecule has 3 aromatic carbocycles. The van der Waals surface area contributed by atoms with Gasteiger partial charge in [-0.05, 0) is 99.8 Å². The first-order valence-corrected chi connectivity index (χ1v) is 14.5. The van der Waals surface area contributed by atoms with E-state index in [1.165, 1.54) is 12.1 Å². The zero-order valence-electron chi connectivity index (χ0n) is 24.3. The molecule has 0 saturated carbocycles. The summed E-state index contributed by atoms with van der Waals surface area (Å²) in [5, 5.41) is 17.3. The molecule has 10 heteroatoms. The minimum atomic E-state index is -0.983. The number of benzene rings is 3. The molecule has 1 aliphatic rings. The second-order valence-electron chi connectivity index (χ2n) is 11.7. The molecular weight excluding hydrogens is 571 g/mol. The topological polar surface area (TPSA) is 96.7 Å². The molecule has 1 aromatic heterocycles. The number of piperidine rings is 1. The number of ether oxygens (including phenoxy) is 1. The summed E-state index contributed by atoms with van der Waals surface area (Å²) in [6.45, 7) is 8.14. The molecule has 1 fully saturated rings. The third-order valence-corrected chi connectivity index (χ3v) is 7.75. The van der Waals surface area contributed by atoms with Gasteiger partial charge >= 0.3 is 5.97 Å². The van der Waals surface area contributed by atoms with E-state index in [0.717, 1.165) is 31.5 Å². The Morgan fingerprint density at radius 3 is 2.47 bits per heavy atom. The van der Waals surface area contributed by atoms with Crippen LogP contribution in [0.5, 0.6) is 5.75 Å². The van der Waals surface area contributed by atoms with Crippen LogP contribution >= 0.6 is 11.6 Å². The zero-order valence-corrected chi connectivity index (χ0v) is 25.1. The van der Waals surface area contributed by atoms with Gasteiger partial charge in [-0.2, -0.15) is 5.10 Å². The molecule has 0 bridgehead atoms. The van der Waals surface area contributed by atoms with E-state index in [2.05, 4.69) is 15.3 Å². The maximum Gasteiger partial charge on any atom is 0.335 e. The van der Waals surface area contributed by atoms with E-state index in [4.69, 9.17) is 16.3 Å². The number of nitrogens with zero attached hydrogens (tertiary/aromatic N) is 3. The summed E-state index contributed by atoms with van der Waals surface area (Å²) in [6.07, 6.45) is 3.11. The van der Waals surface area contributed by atoms with Crippen molar-refractivity contribution in [3.63, 3.8) is 0 Å². The molecule has 1 aliphatic heterocycles. The Kier molecular flexibility index (Phi) is 8.84. The summed E-state index contributed by atoms with van der Waals surface area (Å²) in [6, 6.07) is 18.0. The molecule has 0 atom stereocenters. The quantitative estimate of drug-likeness (QED) is 0.223. The minimum Gasteiger partial charge on any atom is -0.490 e. The summed E-state index contributed by atoms with van der Waals surface area (Å²) < 4.78 is 21.5. The van der Waals surface area contributed by atoms with Crippen LogP contribution in [0.4, 0.5) is 10.1 Å². The van der Waals surface area contributed by atoms with Crippen LogP contribution in [0.3, 0.4) is 0 Å². The normalized spacial score (nSPS) is 14.4. The van der Waals surface area contributed by atoms with Crippen molar-refractivity contribution in [2.24, 2.45) is 0 Å². The average molecular weight is 605 g/mol. The number of likely N-dealkylation sites (tertiary alicyclic amines) is 1. The molecule has 43 heavy (non-hydrogen) atoms. The standard InChI is InChI=1S/C33H34ClFN4O4/c1-33(2,3)39-30(21-7-9-24(35)10-8-21)28(19-36-39)31(40)37-25-11-12-29(34)23(17-25)20-38-15-13-26(14-16-38)43-27-6-4-5-22(18-27)32(41)42/h4-12,17-19,26H,13-16,20H2,1-3H3,(H,37,40)(H,41,42). The van der Waals surface area contributed by atoms with E-state index in [1.54, 1.807) is 59.4 Å². The third kappa shape index (κ3) is 7.24. The third-order valence-electron chi connectivity index (χ3n) is 7.38. The van der Waals surface area contributed by atoms with Crippen molar-refractivity contribution in [2.75, 3.05) is 18.4 Å². The first-order valence-electron chi connectivity index (χ1n) is 14.1. The summed E-state index contributed by atoms with van der Waals surface area (Å²) in [5.41, 5.74) is 2.97. The van der Waals surface area contributed by atoms with Gasteiger partial charge in [-0.3, -0.25) is 14.4 Å². The van der Waals surface area contributed by atoms with Gasteiger partial charge in [0.2, 0.25) is 0 Å². The predicted octanol–water partition coefficient (Wildman–Crippen LogP) is 7.09. The average Bonchev–Trinajstić information content (AvgIpc) is 3.43. The first kappa shape index (κ1) is 30.3. The van der Waals surface area contributed by atoms with Crippen molar-refractivity contribution in [2.45, 2.75) is 51.8 Å². The van der Waals surface area contributed by atoms with Gasteiger partial charge in [0.25, 0.3) is 5.91 Å². The van der Waals surface area contributed by atoms with Crippen molar-refractivity contribution < 1.29 is 23.8 Å². The summed E-state index contributed by atoms with van der Waals surface area (Å²) in [7, 11) is 0. The van der Waals surface area contributed by atoms with Gasteiger partial charge < -0.3 is 15.2 Å². The Morgan fingerprint density at radius 2 is 1.79 bits per heavy atom. The Labute approximate surface area is 255 Å². The fraction of sp³-hybridized carbons (Fsp3) is 0.303. The number of nitrogens with one attached hydrogen (secondary N) is 1. The molecule has 2 N–H and O–H groups in total. The lowest BCUT2D eigenvalue weighted by atomic mass is 10.0. The fourth-order valence-electron chi connectivity index (χ4n) is 5.20. The number of carboxylic acids is 1. The van der Waals surface area contributed by atoms with Crippen molar-refractivity contribution in [1.82, 2.24) is 14.7 Å². The minimum absolute atomic E-state index is 0.00860. The highest BCUT2D eigenvalue weighted by atomic mass is 35.5. The maximum atomic E-state index is 13.7. The molecule has 1 saturated heterocycles. The van der Waals surface area contributed by atoms with Crippen LogP contribution in [-0.4, -0.2) is 50.9 Å². The van der Waals surface area contributed by atoms with Crippen LogP contribution in [0, 0.1) is 5.82 Å². The highest BCUT2D eigenvalue weighted by Crippen LogP contribution is 2.31. The molecule has 2 heterocycles. The van der Waals surface area contributed by atoms with Crippen LogP contribution in [0.25, 0.3) is 11.3 Å². The van der Waals surface area contributed by atoms with Crippen LogP contribution in [-0.2, 0) is 12.1 Å². The van der Waals surface area contributed by atoms with Crippen molar-refractivity contribution in [1.29, 1.82) is 0 Å². The lowest BCUT2D eigenvalue weighted by molar-refractivity contribution is 0.0694. The number of hydrogen-bond donors (Lipinski definition) is 2. The van der Waals surface area contributed by atoms with Crippen LogP contribution < -0.4 is 10.1 Å². The number of aromatic carboxylic acids is 1. The van der Waals surface area contributed by atoms with Crippen molar-refractivity contribution in [3.05, 3.63) is 100 Å². The molecule has 0 aliphatic carbocycles. The number of hydrogen-bond acceptors (Lipinski definition) is 5. The Morgan fingerprint density at radius 1 is 1.07 bits per heavy atom. The number of amides is 1. The van der Waals surface area contributed by atoms with E-state index >= 15 is 0 Å². The van der Waals surface area contributed by atoms with Gasteiger partial charge in [-0.1, -0.05) is 17.7 Å². The van der Waals surface area contributed by atoms with Crippen molar-refractivity contribution in [3.8, 4) is 17.0 Å². The van der Waals surface area contributed by atoms with Crippen LogP contribution in [0.15, 0.2) is 72.9 Å². The number of carboxylic acid groups (broad SMARTS) is 1. The summed E-state index contributed by atoms with van der Waals surface area (Å²) >= 11 is 6.56. The van der Waals surface area contributed by atoms with Gasteiger partial charge in [-0.25, -0.2) is 9.18 Å². The van der Waals surface area contributed by atoms with E-state index in [1.807, 2.05) is 26.8 Å². The molecule has 4 aromatic rings. The molecular formula is C33H34ClFN4O4. The molecule has 5 rings (SSSR count). The molecule has 0 spiro atoms. The number of aromatic nitrogens is 2. The zero-order chi connectivity index (χ0) is 30.7. The van der Waals surface area contributed by atoms with Gasteiger partial charge in [0.15, 0.2) is 0 Å². The molecule has 0 unspecified atom stereocenters. The van der Waals surface area contributed by atoms with E-state index < -0.39 is 11.5 Å². The van der Waals surface area contributed by atoms with E-state index in [-0.39, 0.29) is 23.4 Å². The van der Waals surface area contributed by atoms with Gasteiger partial charge in [-0.15, -0.1) is 0 Å². The second-order valence-corrected chi connectivity index (χ2v) is 12.1. The van der Waals surface area contributed by atoms with E-state index in [0.29, 0.717) is 39.8 Å². The van der Waals surface area contributed by atoms with Gasteiger partial charge in [0.05, 0.1) is 28.6 Å². The number of anilines is 1. The number of carbonyl (C=O) groups is 2. The smallest absolute Gasteiger partial charge is 0.335 e. The maximum absolute atomic E-state index is 13.7. The fourth-order valence-corrected chi connectivity index (χ4v) is 5.38. The van der Waals surface area contributed by atoms with E-state index in [9.17, 15) is 19.1 Å². The Balaban J connectivity index is 1.26. The second kappa shape index (κ2) is 12.6. The summed E-state index contributed by atoms with van der Waals surface area (Å²) in [4.78, 5) is 27.1. The van der Waals surface area contributed by atoms with Gasteiger partial charge in [0.1, 0.15) is 17.7 Å². The highest BCUT2D eigenvalue weighted by Gasteiger charge is 2.26. The molecule has 1 amide bonds. The lowest BCUT2D eigenvalue weighted by Crippen LogP contribution is -2.37. The predicted molar refractivity (Wildman–Crippen MR) is 164 cm³/mol. The first-order chi connectivity index (χ1) is 20.5. The summed E-state index contributed by atoms with van der Waals surface area (Å²) in [5.74, 6) is -1.11. The van der Waals surface area contributed by atoms with Crippen LogP contribution in [0.2, 0.25) is 5.02 Å². The largest absolute Gasteiger partial charge is 0.490 e. The lowest BCUT2D eigenvalue weighted by Gasteiger charge is -2.32. The monoisotopic (exact) mass is 604 g/mol. The number of carbonyl (C=O) groups excluding carboxylic acids is 1. The molecule has 0 radical (unpaired) electrons. The van der Waals surface area contributed by atoms with Crippen LogP contribution in [0.1, 0.15) is 59.9 Å². The molecule has 8 nitrogen and oxygen atoms in total. The van der Waals surface area contributed by atoms with Crippen molar-refractivity contribution >= 4 is 29.2 Å². The SMILES string of the molecule is CC(C)(C)n1ncc(C(=O)Nc2ccc(Cl)c(CN3CCC(Oc4cccc(C(=O)O)c4)CC3)c2)c1-c1ccc(F)cc1. The Bertz CT molecular complexity index is 1620. The number of rotatable bonds is 8. The molecule has 224 valence electrons.